The van der Waals surface area contributed by atoms with Gasteiger partial charge in [-0.25, -0.2) is 17.6 Å². The Bertz CT molecular complexity index is 1470. The van der Waals surface area contributed by atoms with Crippen molar-refractivity contribution in [2.24, 2.45) is 0 Å². The summed E-state index contributed by atoms with van der Waals surface area (Å²) in [6.07, 6.45) is -11.8. The molecule has 0 fully saturated rings. The third kappa shape index (κ3) is 6.96. The largest absolute Gasteiger partial charge is 0.483 e. The highest BCUT2D eigenvalue weighted by Crippen LogP contribution is 2.60. The first-order chi connectivity index (χ1) is 21.7. The van der Waals surface area contributed by atoms with Crippen LogP contribution in [0.5, 0.6) is 11.5 Å². The molecule has 0 radical (unpaired) electrons. The summed E-state index contributed by atoms with van der Waals surface area (Å²) in [4.78, 5) is -1.80. The Morgan fingerprint density at radius 1 is 0.500 bits per heavy atom. The molecule has 0 saturated carbocycles. The molecular weight excluding hydrogens is 808 g/mol. The summed E-state index contributed by atoms with van der Waals surface area (Å²) in [7, 11) is -5.74. The Labute approximate surface area is 258 Å². The molecule has 0 atom stereocenters. The molecule has 0 unspecified atom stereocenters. The molecule has 30 heteroatoms. The van der Waals surface area contributed by atoms with Gasteiger partial charge in [-0.3, -0.25) is 4.55 Å². The highest BCUT2D eigenvalue weighted by atomic mass is 32.2. The van der Waals surface area contributed by atoms with E-state index in [2.05, 4.69) is 9.47 Å². The number of ether oxygens (including phenoxy) is 2. The van der Waals surface area contributed by atoms with E-state index in [4.69, 9.17) is 4.55 Å². The van der Waals surface area contributed by atoms with Crippen molar-refractivity contribution in [1.82, 2.24) is 0 Å². The molecule has 0 aliphatic rings. The van der Waals surface area contributed by atoms with Crippen LogP contribution in [0.25, 0.3) is 0 Å². The molecule has 0 aliphatic carbocycles. The standard InChI is InChI=1S/C20H10F24O5S/c21-9(22)13(29,30)17(37,38)19(41,42)15(33,34)11(25,26)4-48-7-2-1-6(50(45,46)47)3-8(7)49-5-12(27,28)16(35,36)20(43,44)18(39,40)14(31,32)10(23)24/h1-3,9-10H,4-5H2,(H,45,46,47). The van der Waals surface area contributed by atoms with Gasteiger partial charge >= 0.3 is 72.1 Å². The van der Waals surface area contributed by atoms with Gasteiger partial charge in [0.2, 0.25) is 0 Å². The summed E-state index contributed by atoms with van der Waals surface area (Å²) in [6.45, 7) is -7.36. The molecule has 0 bridgehead atoms. The smallest absolute Gasteiger partial charge is 0.384 e. The van der Waals surface area contributed by atoms with Crippen molar-refractivity contribution in [2.75, 3.05) is 13.2 Å². The second-order valence-corrected chi connectivity index (χ2v) is 10.8. The van der Waals surface area contributed by atoms with Crippen molar-refractivity contribution in [3.8, 4) is 11.5 Å². The first kappa shape index (κ1) is 45.1. The van der Waals surface area contributed by atoms with Gasteiger partial charge in [-0.05, 0) is 12.1 Å². The molecular formula is C20H10F24O5S. The third-order valence-electron chi connectivity index (χ3n) is 5.91. The van der Waals surface area contributed by atoms with E-state index in [1.807, 2.05) is 0 Å². The Morgan fingerprint density at radius 2 is 0.800 bits per heavy atom. The first-order valence-corrected chi connectivity index (χ1v) is 12.8. The van der Waals surface area contributed by atoms with Crippen molar-refractivity contribution in [1.29, 1.82) is 0 Å². The Kier molecular flexibility index (Phi) is 11.6. The number of halogens is 24. The third-order valence-corrected chi connectivity index (χ3v) is 6.76. The minimum atomic E-state index is -8.19. The average Bonchev–Trinajstić information content (AvgIpc) is 2.93. The molecule has 0 aromatic heterocycles. The van der Waals surface area contributed by atoms with Gasteiger partial charge in [-0.15, -0.1) is 0 Å². The number of hydrogen-bond acceptors (Lipinski definition) is 4. The lowest BCUT2D eigenvalue weighted by atomic mass is 9.94. The van der Waals surface area contributed by atoms with E-state index in [0.717, 1.165) is 0 Å². The van der Waals surface area contributed by atoms with Crippen LogP contribution in [0.2, 0.25) is 0 Å². The van der Waals surface area contributed by atoms with Gasteiger partial charge in [-0.1, -0.05) is 0 Å². The van der Waals surface area contributed by atoms with Crippen LogP contribution in [-0.4, -0.2) is 98.3 Å². The van der Waals surface area contributed by atoms with Crippen molar-refractivity contribution in [3.05, 3.63) is 18.2 Å². The molecule has 5 nitrogen and oxygen atoms in total. The number of rotatable bonds is 17. The van der Waals surface area contributed by atoms with Crippen LogP contribution in [0, 0.1) is 0 Å². The van der Waals surface area contributed by atoms with E-state index >= 15 is 0 Å². The van der Waals surface area contributed by atoms with Crippen molar-refractivity contribution in [3.63, 3.8) is 0 Å². The highest BCUT2D eigenvalue weighted by molar-refractivity contribution is 7.85. The minimum absolute atomic E-state index is 0.201. The molecule has 0 heterocycles. The lowest BCUT2D eigenvalue weighted by Gasteiger charge is -2.39. The summed E-state index contributed by atoms with van der Waals surface area (Å²) in [6, 6.07) is -1.21. The Hall–Kier alpha value is -2.95. The molecule has 0 amide bonds. The van der Waals surface area contributed by atoms with E-state index in [-0.39, 0.29) is 6.07 Å². The van der Waals surface area contributed by atoms with Crippen molar-refractivity contribution < 1.29 is 128 Å². The van der Waals surface area contributed by atoms with Gasteiger partial charge in [0.05, 0.1) is 4.90 Å². The second kappa shape index (κ2) is 12.9. The fraction of sp³-hybridized carbons (Fsp3) is 0.700. The van der Waals surface area contributed by atoms with Crippen molar-refractivity contribution >= 4 is 10.1 Å². The summed E-state index contributed by atoms with van der Waals surface area (Å²) in [5.74, 6) is -81.8. The SMILES string of the molecule is O=S(=O)(O)c1ccc(OCC(F)(F)C(F)(F)C(F)(F)C(F)(F)C(F)(F)C(F)F)c(OCC(F)(F)C(F)(F)C(F)(F)C(F)(F)C(F)(F)C(F)F)c1. The van der Waals surface area contributed by atoms with E-state index in [0.29, 0.717) is 0 Å². The summed E-state index contributed by atoms with van der Waals surface area (Å²) in [5.41, 5.74) is 0. The van der Waals surface area contributed by atoms with Gasteiger partial charge in [-0.2, -0.15) is 96.2 Å². The molecule has 294 valence electrons. The second-order valence-electron chi connectivity index (χ2n) is 9.36. The van der Waals surface area contributed by atoms with Gasteiger partial charge in [0.15, 0.2) is 24.7 Å². The van der Waals surface area contributed by atoms with Crippen LogP contribution in [0.3, 0.4) is 0 Å². The zero-order chi connectivity index (χ0) is 40.3. The maximum atomic E-state index is 14.1. The van der Waals surface area contributed by atoms with E-state index in [1.165, 1.54) is 0 Å². The summed E-state index contributed by atoms with van der Waals surface area (Å²) < 4.78 is 359. The van der Waals surface area contributed by atoms with E-state index in [1.54, 1.807) is 0 Å². The molecule has 1 aromatic carbocycles. The quantitative estimate of drug-likeness (QED) is 0.126. The monoisotopic (exact) mass is 818 g/mol. The molecule has 0 spiro atoms. The molecule has 0 aliphatic heterocycles. The topological polar surface area (TPSA) is 72.8 Å². The highest BCUT2D eigenvalue weighted by Gasteiger charge is 2.89. The average molecular weight is 818 g/mol. The lowest BCUT2D eigenvalue weighted by molar-refractivity contribution is -0.414. The van der Waals surface area contributed by atoms with Gasteiger partial charge in [0.1, 0.15) is 0 Å². The van der Waals surface area contributed by atoms with Crippen LogP contribution in [0.15, 0.2) is 23.1 Å². The molecule has 1 rings (SSSR count). The van der Waals surface area contributed by atoms with Crippen LogP contribution in [-0.2, 0) is 10.1 Å². The van der Waals surface area contributed by atoms with Gasteiger partial charge in [0.25, 0.3) is 10.1 Å². The van der Waals surface area contributed by atoms with Crippen LogP contribution in [0.4, 0.5) is 105 Å². The predicted molar refractivity (Wildman–Crippen MR) is 109 cm³/mol. The Morgan fingerprint density at radius 3 is 1.08 bits per heavy atom. The fourth-order valence-electron chi connectivity index (χ4n) is 2.95. The maximum Gasteiger partial charge on any atom is 0.384 e. The number of benzene rings is 1. The molecule has 50 heavy (non-hydrogen) atoms. The van der Waals surface area contributed by atoms with Crippen LogP contribution < -0.4 is 9.47 Å². The minimum Gasteiger partial charge on any atom is -0.483 e. The summed E-state index contributed by atoms with van der Waals surface area (Å²) in [5, 5.41) is 0. The Balaban J connectivity index is 3.63. The molecule has 1 N–H and O–H groups in total. The van der Waals surface area contributed by atoms with E-state index in [9.17, 15) is 114 Å². The van der Waals surface area contributed by atoms with Crippen LogP contribution >= 0.6 is 0 Å². The van der Waals surface area contributed by atoms with Crippen molar-refractivity contribution in [2.45, 2.75) is 77.0 Å². The molecule has 0 saturated heterocycles. The number of hydrogen-bond donors (Lipinski definition) is 1. The maximum absolute atomic E-state index is 14.1. The first-order valence-electron chi connectivity index (χ1n) is 11.4. The van der Waals surface area contributed by atoms with Crippen LogP contribution in [0.1, 0.15) is 0 Å². The normalized spacial score (nSPS) is 15.6. The lowest BCUT2D eigenvalue weighted by Crippen LogP contribution is -2.69. The predicted octanol–water partition coefficient (Wildman–Crippen LogP) is 8.57. The van der Waals surface area contributed by atoms with Gasteiger partial charge < -0.3 is 9.47 Å². The fourth-order valence-corrected chi connectivity index (χ4v) is 3.44. The van der Waals surface area contributed by atoms with Gasteiger partial charge in [0, 0.05) is 6.07 Å². The van der Waals surface area contributed by atoms with E-state index < -0.39 is 124 Å². The molecule has 1 aromatic rings. The summed E-state index contributed by atoms with van der Waals surface area (Å²) >= 11 is 0. The zero-order valence-corrected chi connectivity index (χ0v) is 23.2. The number of alkyl halides is 24. The zero-order valence-electron chi connectivity index (χ0n) is 22.4.